The number of rotatable bonds is 7. The molecule has 3 aromatic rings. The Kier molecular flexibility index (Phi) is 6.16. The first-order valence-corrected chi connectivity index (χ1v) is 11.3. The summed E-state index contributed by atoms with van der Waals surface area (Å²) in [5.41, 5.74) is 0.904. The molecule has 1 aromatic heterocycles. The van der Waals surface area contributed by atoms with Gasteiger partial charge in [0.25, 0.3) is 15.9 Å². The molecule has 2 N–H and O–H groups in total. The number of nitrogens with one attached hydrogen (secondary N) is 2. The van der Waals surface area contributed by atoms with Gasteiger partial charge in [-0.3, -0.25) is 9.52 Å². The lowest BCUT2D eigenvalue weighted by Gasteiger charge is -2.21. The molecule has 7 heteroatoms. The van der Waals surface area contributed by atoms with E-state index >= 15 is 0 Å². The van der Waals surface area contributed by atoms with Crippen molar-refractivity contribution in [1.82, 2.24) is 5.32 Å². The van der Waals surface area contributed by atoms with Crippen molar-refractivity contribution in [2.24, 2.45) is 5.92 Å². The molecule has 1 amide bonds. The second kappa shape index (κ2) is 8.58. The van der Waals surface area contributed by atoms with Gasteiger partial charge >= 0.3 is 0 Å². The number of amides is 1. The molecule has 0 fully saturated rings. The molecule has 0 aliphatic heterocycles. The number of sulfonamides is 1. The van der Waals surface area contributed by atoms with Crippen molar-refractivity contribution in [2.75, 3.05) is 4.72 Å². The standard InChI is InChI=1S/C21H22N2O3S2/c1-15(2)20(19-9-6-14-27-19)22-21(24)16-10-12-18(13-11-16)28(25,26)23-17-7-4-3-5-8-17/h3-15,20,23H,1-2H3,(H,22,24)/t20-/m0/s1. The summed E-state index contributed by atoms with van der Waals surface area (Å²) in [5.74, 6) is 0.00406. The third-order valence-corrected chi connectivity index (χ3v) is 6.61. The van der Waals surface area contributed by atoms with Gasteiger partial charge in [0.15, 0.2) is 0 Å². The first-order valence-electron chi connectivity index (χ1n) is 8.89. The van der Waals surface area contributed by atoms with Gasteiger partial charge in [0.2, 0.25) is 0 Å². The second-order valence-corrected chi connectivity index (χ2v) is 9.37. The van der Waals surface area contributed by atoms with E-state index in [4.69, 9.17) is 0 Å². The first kappa shape index (κ1) is 20.1. The molecule has 0 aliphatic rings. The quantitative estimate of drug-likeness (QED) is 0.590. The Balaban J connectivity index is 1.73. The number of hydrogen-bond donors (Lipinski definition) is 2. The van der Waals surface area contributed by atoms with Crippen LogP contribution in [0.15, 0.2) is 77.0 Å². The predicted octanol–water partition coefficient (Wildman–Crippen LogP) is 4.68. The SMILES string of the molecule is CC(C)[C@H](NC(=O)c1ccc(S(=O)(=O)Nc2ccccc2)cc1)c1cccs1. The average Bonchev–Trinajstić information content (AvgIpc) is 3.20. The second-order valence-electron chi connectivity index (χ2n) is 6.71. The van der Waals surface area contributed by atoms with E-state index in [1.807, 2.05) is 23.6 Å². The minimum absolute atomic E-state index is 0.0874. The predicted molar refractivity (Wildman–Crippen MR) is 113 cm³/mol. The molecule has 1 heterocycles. The number of benzene rings is 2. The minimum Gasteiger partial charge on any atom is -0.344 e. The maximum Gasteiger partial charge on any atom is 0.261 e. The molecule has 146 valence electrons. The Labute approximate surface area is 169 Å². The van der Waals surface area contributed by atoms with Gasteiger partial charge in [-0.05, 0) is 53.8 Å². The summed E-state index contributed by atoms with van der Waals surface area (Å²) < 4.78 is 27.5. The normalized spacial score (nSPS) is 12.5. The molecule has 1 atom stereocenters. The van der Waals surface area contributed by atoms with Gasteiger partial charge in [0, 0.05) is 16.1 Å². The van der Waals surface area contributed by atoms with E-state index in [-0.39, 0.29) is 22.8 Å². The van der Waals surface area contributed by atoms with E-state index in [0.29, 0.717) is 11.3 Å². The lowest BCUT2D eigenvalue weighted by atomic mass is 10.0. The fraction of sp³-hybridized carbons (Fsp3) is 0.190. The van der Waals surface area contributed by atoms with Crippen LogP contribution in [0.25, 0.3) is 0 Å². The highest BCUT2D eigenvalue weighted by Crippen LogP contribution is 2.26. The van der Waals surface area contributed by atoms with E-state index in [9.17, 15) is 13.2 Å². The van der Waals surface area contributed by atoms with Gasteiger partial charge in [0.1, 0.15) is 0 Å². The Morgan fingerprint density at radius 2 is 1.61 bits per heavy atom. The van der Waals surface area contributed by atoms with Gasteiger partial charge in [-0.1, -0.05) is 38.1 Å². The van der Waals surface area contributed by atoms with Gasteiger partial charge in [-0.25, -0.2) is 8.42 Å². The molecule has 3 rings (SSSR count). The summed E-state index contributed by atoms with van der Waals surface area (Å²) in [7, 11) is -3.71. The molecular weight excluding hydrogens is 392 g/mol. The number of hydrogen-bond acceptors (Lipinski definition) is 4. The molecule has 0 spiro atoms. The Morgan fingerprint density at radius 1 is 0.929 bits per heavy atom. The van der Waals surface area contributed by atoms with E-state index in [2.05, 4.69) is 23.9 Å². The zero-order valence-corrected chi connectivity index (χ0v) is 17.3. The maximum atomic E-state index is 12.6. The summed E-state index contributed by atoms with van der Waals surface area (Å²) in [4.78, 5) is 13.8. The van der Waals surface area contributed by atoms with Gasteiger partial charge in [0.05, 0.1) is 10.9 Å². The molecule has 0 radical (unpaired) electrons. The van der Waals surface area contributed by atoms with Crippen LogP contribution in [-0.4, -0.2) is 14.3 Å². The molecule has 5 nitrogen and oxygen atoms in total. The number of para-hydroxylation sites is 1. The van der Waals surface area contributed by atoms with Crippen LogP contribution in [0.5, 0.6) is 0 Å². The largest absolute Gasteiger partial charge is 0.344 e. The van der Waals surface area contributed by atoms with Crippen LogP contribution in [0.1, 0.15) is 35.1 Å². The van der Waals surface area contributed by atoms with Crippen LogP contribution in [0.2, 0.25) is 0 Å². The number of carbonyl (C=O) groups excluding carboxylic acids is 1. The smallest absolute Gasteiger partial charge is 0.261 e. The van der Waals surface area contributed by atoms with Crippen molar-refractivity contribution < 1.29 is 13.2 Å². The van der Waals surface area contributed by atoms with Gasteiger partial charge in [-0.2, -0.15) is 0 Å². The third kappa shape index (κ3) is 4.79. The van der Waals surface area contributed by atoms with Crippen molar-refractivity contribution in [1.29, 1.82) is 0 Å². The molecule has 28 heavy (non-hydrogen) atoms. The van der Waals surface area contributed by atoms with Crippen LogP contribution in [-0.2, 0) is 10.0 Å². The molecule has 0 saturated carbocycles. The topological polar surface area (TPSA) is 75.3 Å². The zero-order valence-electron chi connectivity index (χ0n) is 15.6. The van der Waals surface area contributed by atoms with Crippen molar-refractivity contribution >= 4 is 33.0 Å². The van der Waals surface area contributed by atoms with Crippen molar-refractivity contribution in [3.8, 4) is 0 Å². The van der Waals surface area contributed by atoms with E-state index in [0.717, 1.165) is 4.88 Å². The molecule has 0 bridgehead atoms. The van der Waals surface area contributed by atoms with E-state index < -0.39 is 10.0 Å². The molecule has 0 unspecified atom stereocenters. The highest BCUT2D eigenvalue weighted by atomic mass is 32.2. The summed E-state index contributed by atoms with van der Waals surface area (Å²) in [6, 6.07) is 18.5. The highest BCUT2D eigenvalue weighted by molar-refractivity contribution is 7.92. The number of carbonyl (C=O) groups is 1. The zero-order chi connectivity index (χ0) is 20.1. The van der Waals surface area contributed by atoms with Crippen molar-refractivity contribution in [3.63, 3.8) is 0 Å². The summed E-state index contributed by atoms with van der Waals surface area (Å²) >= 11 is 1.60. The fourth-order valence-corrected chi connectivity index (χ4v) is 4.77. The molecule has 0 aliphatic carbocycles. The van der Waals surface area contributed by atoms with E-state index in [1.165, 1.54) is 24.3 Å². The Morgan fingerprint density at radius 3 is 2.18 bits per heavy atom. The summed E-state index contributed by atoms with van der Waals surface area (Å²) in [5, 5.41) is 5.02. The Hall–Kier alpha value is -2.64. The summed E-state index contributed by atoms with van der Waals surface area (Å²) in [6.45, 7) is 4.10. The van der Waals surface area contributed by atoms with Crippen LogP contribution < -0.4 is 10.0 Å². The van der Waals surface area contributed by atoms with E-state index in [1.54, 1.807) is 35.6 Å². The van der Waals surface area contributed by atoms with Crippen LogP contribution >= 0.6 is 11.3 Å². The van der Waals surface area contributed by atoms with Crippen LogP contribution in [0, 0.1) is 5.92 Å². The first-order chi connectivity index (χ1) is 13.4. The average molecular weight is 415 g/mol. The molecule has 2 aromatic carbocycles. The number of anilines is 1. The highest BCUT2D eigenvalue weighted by Gasteiger charge is 2.21. The monoisotopic (exact) mass is 414 g/mol. The lowest BCUT2D eigenvalue weighted by molar-refractivity contribution is 0.0926. The summed E-state index contributed by atoms with van der Waals surface area (Å²) in [6.07, 6.45) is 0. The van der Waals surface area contributed by atoms with Crippen LogP contribution in [0.4, 0.5) is 5.69 Å². The third-order valence-electron chi connectivity index (χ3n) is 4.26. The van der Waals surface area contributed by atoms with Crippen molar-refractivity contribution in [2.45, 2.75) is 24.8 Å². The minimum atomic E-state index is -3.71. The van der Waals surface area contributed by atoms with Gasteiger partial charge in [-0.15, -0.1) is 11.3 Å². The van der Waals surface area contributed by atoms with Gasteiger partial charge < -0.3 is 5.32 Å². The number of thiophene rings is 1. The molecular formula is C21H22N2O3S2. The lowest BCUT2D eigenvalue weighted by Crippen LogP contribution is -2.31. The van der Waals surface area contributed by atoms with Crippen LogP contribution in [0.3, 0.4) is 0 Å². The Bertz CT molecular complexity index is 1010. The molecule has 0 saturated heterocycles. The van der Waals surface area contributed by atoms with Crippen molar-refractivity contribution in [3.05, 3.63) is 82.6 Å². The maximum absolute atomic E-state index is 12.6. The fourth-order valence-electron chi connectivity index (χ4n) is 2.76.